The molecule has 0 unspecified atom stereocenters. The molecular formula is C23H23Br2N3O4. The molecule has 7 nitrogen and oxygen atoms in total. The summed E-state index contributed by atoms with van der Waals surface area (Å²) in [5.74, 6) is 0.876. The fourth-order valence-corrected chi connectivity index (χ4v) is 3.84. The van der Waals surface area contributed by atoms with Crippen LogP contribution >= 0.6 is 31.9 Å². The van der Waals surface area contributed by atoms with E-state index in [1.54, 1.807) is 24.4 Å². The number of aromatic nitrogens is 2. The van der Waals surface area contributed by atoms with Crippen LogP contribution < -0.4 is 15.0 Å². The second-order valence-corrected chi connectivity index (χ2v) is 8.92. The van der Waals surface area contributed by atoms with Crippen LogP contribution in [0.15, 0.2) is 49.2 Å². The SMILES string of the molecule is CCOc1cc(C=Nn2c([C@@H](C)CC)nc3ccc(Br)cc3c2=O)c(Br)cc1OC(C)=O. The normalized spacial score (nSPS) is 12.3. The van der Waals surface area contributed by atoms with Crippen LogP contribution in [0.4, 0.5) is 0 Å². The van der Waals surface area contributed by atoms with Crippen LogP contribution in [-0.2, 0) is 4.79 Å². The Kier molecular flexibility index (Phi) is 7.84. The molecule has 0 fully saturated rings. The lowest BCUT2D eigenvalue weighted by Gasteiger charge is -2.14. The van der Waals surface area contributed by atoms with E-state index in [2.05, 4.69) is 37.0 Å². The summed E-state index contributed by atoms with van der Waals surface area (Å²) >= 11 is 6.89. The topological polar surface area (TPSA) is 82.8 Å². The molecule has 1 heterocycles. The highest BCUT2D eigenvalue weighted by molar-refractivity contribution is 9.10. The van der Waals surface area contributed by atoms with Gasteiger partial charge in [-0.15, -0.1) is 0 Å². The number of carbonyl (C=O) groups is 1. The minimum absolute atomic E-state index is 0.0293. The standard InChI is InChI=1S/C23H23Br2N3O4/c1-5-13(3)22-27-19-8-7-16(24)10-17(19)23(30)28(22)26-12-15-9-20(31-6-2)21(11-18(15)25)32-14(4)29/h7-13H,5-6H2,1-4H3/t13-/m0/s1. The Balaban J connectivity index is 2.15. The first-order chi connectivity index (χ1) is 15.2. The highest BCUT2D eigenvalue weighted by Gasteiger charge is 2.16. The van der Waals surface area contributed by atoms with Crippen LogP contribution in [0.2, 0.25) is 0 Å². The number of nitrogens with zero attached hydrogens (tertiary/aromatic N) is 3. The smallest absolute Gasteiger partial charge is 0.308 e. The molecular weight excluding hydrogens is 542 g/mol. The van der Waals surface area contributed by atoms with Crippen molar-refractivity contribution in [3.05, 3.63) is 61.0 Å². The molecule has 0 radical (unpaired) electrons. The van der Waals surface area contributed by atoms with Gasteiger partial charge in [0.15, 0.2) is 11.5 Å². The highest BCUT2D eigenvalue weighted by atomic mass is 79.9. The Hall–Kier alpha value is -2.52. The van der Waals surface area contributed by atoms with Crippen molar-refractivity contribution in [3.63, 3.8) is 0 Å². The molecule has 0 amide bonds. The van der Waals surface area contributed by atoms with Gasteiger partial charge in [0.1, 0.15) is 5.82 Å². The third-order valence-electron chi connectivity index (χ3n) is 4.82. The van der Waals surface area contributed by atoms with Crippen LogP contribution in [0, 0.1) is 0 Å². The van der Waals surface area contributed by atoms with E-state index in [1.807, 2.05) is 32.9 Å². The molecule has 0 aliphatic heterocycles. The number of hydrogen-bond acceptors (Lipinski definition) is 6. The molecule has 0 aliphatic rings. The summed E-state index contributed by atoms with van der Waals surface area (Å²) in [4.78, 5) is 29.4. The zero-order valence-corrected chi connectivity index (χ0v) is 21.4. The summed E-state index contributed by atoms with van der Waals surface area (Å²) in [7, 11) is 0. The molecule has 0 saturated carbocycles. The zero-order valence-electron chi connectivity index (χ0n) is 18.2. The second kappa shape index (κ2) is 10.4. The summed E-state index contributed by atoms with van der Waals surface area (Å²) in [6.45, 7) is 7.61. The molecule has 0 N–H and O–H groups in total. The predicted octanol–water partition coefficient (Wildman–Crippen LogP) is 5.64. The molecule has 168 valence electrons. The maximum Gasteiger partial charge on any atom is 0.308 e. The number of halogens is 2. The van der Waals surface area contributed by atoms with Crippen LogP contribution in [0.5, 0.6) is 11.5 Å². The third-order valence-corrected chi connectivity index (χ3v) is 6.00. The summed E-state index contributed by atoms with van der Waals surface area (Å²) < 4.78 is 13.6. The largest absolute Gasteiger partial charge is 0.490 e. The molecule has 1 atom stereocenters. The van der Waals surface area contributed by atoms with Crippen molar-refractivity contribution in [1.82, 2.24) is 9.66 Å². The monoisotopic (exact) mass is 563 g/mol. The van der Waals surface area contributed by atoms with Crippen LogP contribution in [0.1, 0.15) is 51.4 Å². The summed E-state index contributed by atoms with van der Waals surface area (Å²) in [5.41, 5.74) is 1.03. The molecule has 9 heteroatoms. The molecule has 32 heavy (non-hydrogen) atoms. The van der Waals surface area contributed by atoms with E-state index in [1.165, 1.54) is 11.6 Å². The van der Waals surface area contributed by atoms with E-state index in [9.17, 15) is 9.59 Å². The maximum absolute atomic E-state index is 13.3. The molecule has 0 saturated heterocycles. The van der Waals surface area contributed by atoms with Crippen molar-refractivity contribution in [3.8, 4) is 11.5 Å². The Morgan fingerprint density at radius 1 is 1.22 bits per heavy atom. The third kappa shape index (κ3) is 5.27. The highest BCUT2D eigenvalue weighted by Crippen LogP contribution is 2.33. The van der Waals surface area contributed by atoms with E-state index in [0.717, 1.165) is 10.9 Å². The Labute approximate surface area is 202 Å². The number of rotatable bonds is 7. The first-order valence-electron chi connectivity index (χ1n) is 10.2. The Morgan fingerprint density at radius 3 is 2.62 bits per heavy atom. The lowest BCUT2D eigenvalue weighted by Crippen LogP contribution is -2.23. The first-order valence-corrected chi connectivity index (χ1v) is 11.7. The van der Waals surface area contributed by atoms with Crippen molar-refractivity contribution in [2.75, 3.05) is 6.61 Å². The van der Waals surface area contributed by atoms with Crippen LogP contribution in [-0.4, -0.2) is 28.5 Å². The number of fused-ring (bicyclic) bond motifs is 1. The molecule has 0 spiro atoms. The van der Waals surface area contributed by atoms with Gasteiger partial charge in [0.25, 0.3) is 5.56 Å². The lowest BCUT2D eigenvalue weighted by atomic mass is 10.1. The number of benzene rings is 2. The van der Waals surface area contributed by atoms with Gasteiger partial charge in [-0.25, -0.2) is 4.98 Å². The lowest BCUT2D eigenvalue weighted by molar-refractivity contribution is -0.132. The maximum atomic E-state index is 13.3. The molecule has 1 aromatic heterocycles. The number of hydrogen-bond donors (Lipinski definition) is 0. The Morgan fingerprint density at radius 2 is 1.97 bits per heavy atom. The van der Waals surface area contributed by atoms with E-state index >= 15 is 0 Å². The quantitative estimate of drug-likeness (QED) is 0.211. The molecule has 0 aliphatic carbocycles. The van der Waals surface area contributed by atoms with Gasteiger partial charge in [0.2, 0.25) is 0 Å². The van der Waals surface area contributed by atoms with E-state index < -0.39 is 5.97 Å². The van der Waals surface area contributed by atoms with E-state index in [0.29, 0.717) is 44.9 Å². The van der Waals surface area contributed by atoms with Gasteiger partial charge in [-0.3, -0.25) is 9.59 Å². The molecule has 3 rings (SSSR count). The number of carbonyl (C=O) groups excluding carboxylic acids is 1. The first kappa shape index (κ1) is 24.1. The minimum atomic E-state index is -0.447. The molecule has 3 aromatic rings. The molecule has 0 bridgehead atoms. The van der Waals surface area contributed by atoms with Crippen molar-refractivity contribution in [1.29, 1.82) is 0 Å². The predicted molar refractivity (Wildman–Crippen MR) is 132 cm³/mol. The average Bonchev–Trinajstić information content (AvgIpc) is 2.75. The minimum Gasteiger partial charge on any atom is -0.490 e. The number of ether oxygens (including phenoxy) is 2. The van der Waals surface area contributed by atoms with Crippen molar-refractivity contribution in [2.45, 2.75) is 40.0 Å². The fraction of sp³-hybridized carbons (Fsp3) is 0.304. The van der Waals surface area contributed by atoms with Crippen molar-refractivity contribution in [2.24, 2.45) is 5.10 Å². The van der Waals surface area contributed by atoms with Gasteiger partial charge >= 0.3 is 5.97 Å². The number of esters is 1. The van der Waals surface area contributed by atoms with Gasteiger partial charge in [-0.05, 0) is 59.6 Å². The molecule has 2 aromatic carbocycles. The van der Waals surface area contributed by atoms with Crippen molar-refractivity contribution < 1.29 is 14.3 Å². The average molecular weight is 565 g/mol. The summed E-state index contributed by atoms with van der Waals surface area (Å²) in [5, 5.41) is 4.96. The summed E-state index contributed by atoms with van der Waals surface area (Å²) in [6, 6.07) is 8.77. The van der Waals surface area contributed by atoms with Crippen molar-refractivity contribution >= 4 is 54.9 Å². The van der Waals surface area contributed by atoms with Gasteiger partial charge in [-0.1, -0.05) is 29.8 Å². The fourth-order valence-electron chi connectivity index (χ4n) is 3.05. The Bertz CT molecular complexity index is 1250. The van der Waals surface area contributed by atoms with Crippen LogP contribution in [0.3, 0.4) is 0 Å². The van der Waals surface area contributed by atoms with Gasteiger partial charge in [-0.2, -0.15) is 9.78 Å². The van der Waals surface area contributed by atoms with Gasteiger partial charge < -0.3 is 9.47 Å². The van der Waals surface area contributed by atoms with Crippen LogP contribution in [0.25, 0.3) is 10.9 Å². The van der Waals surface area contributed by atoms with E-state index in [-0.39, 0.29) is 11.5 Å². The van der Waals surface area contributed by atoms with Gasteiger partial charge in [0.05, 0.1) is 23.7 Å². The second-order valence-electron chi connectivity index (χ2n) is 7.15. The van der Waals surface area contributed by atoms with Gasteiger partial charge in [0, 0.05) is 27.4 Å². The zero-order chi connectivity index (χ0) is 23.4. The summed E-state index contributed by atoms with van der Waals surface area (Å²) in [6.07, 6.45) is 2.36. The van der Waals surface area contributed by atoms with E-state index in [4.69, 9.17) is 14.5 Å².